The van der Waals surface area contributed by atoms with E-state index in [2.05, 4.69) is 26.1 Å². The third-order valence-electron chi connectivity index (χ3n) is 3.90. The predicted octanol–water partition coefficient (Wildman–Crippen LogP) is 3.36. The maximum absolute atomic E-state index is 6.15. The molecule has 0 saturated heterocycles. The molecular formula is C14H29NO. The minimum absolute atomic E-state index is 0.150. The van der Waals surface area contributed by atoms with Gasteiger partial charge in [-0.15, -0.1) is 0 Å². The molecule has 0 aromatic rings. The maximum atomic E-state index is 6.15. The molecule has 1 fully saturated rings. The van der Waals surface area contributed by atoms with Crippen molar-refractivity contribution in [1.29, 1.82) is 0 Å². The molecule has 1 saturated carbocycles. The van der Waals surface area contributed by atoms with Crippen LogP contribution in [0.15, 0.2) is 0 Å². The van der Waals surface area contributed by atoms with Gasteiger partial charge in [0.05, 0.1) is 5.60 Å². The first-order chi connectivity index (χ1) is 7.76. The lowest BCUT2D eigenvalue weighted by atomic mass is 9.77. The fourth-order valence-electron chi connectivity index (χ4n) is 2.66. The lowest BCUT2D eigenvalue weighted by molar-refractivity contribution is -0.0760. The van der Waals surface area contributed by atoms with Crippen LogP contribution in [-0.4, -0.2) is 25.3 Å². The Bertz CT molecular complexity index is 164. The molecule has 1 aliphatic rings. The van der Waals surface area contributed by atoms with Crippen LogP contribution < -0.4 is 5.32 Å². The van der Waals surface area contributed by atoms with Crippen molar-refractivity contribution in [2.75, 3.05) is 19.7 Å². The predicted molar refractivity (Wildman–Crippen MR) is 69.8 cm³/mol. The van der Waals surface area contributed by atoms with E-state index in [-0.39, 0.29) is 5.60 Å². The smallest absolute Gasteiger partial charge is 0.0806 e. The molecule has 0 amide bonds. The highest BCUT2D eigenvalue weighted by molar-refractivity contribution is 4.89. The molecule has 0 spiro atoms. The van der Waals surface area contributed by atoms with E-state index in [0.29, 0.717) is 0 Å². The molecule has 1 aliphatic carbocycles. The third-order valence-corrected chi connectivity index (χ3v) is 3.90. The molecule has 2 heteroatoms. The lowest BCUT2D eigenvalue weighted by Crippen LogP contribution is -2.46. The topological polar surface area (TPSA) is 21.3 Å². The molecule has 0 aromatic heterocycles. The van der Waals surface area contributed by atoms with Gasteiger partial charge in [-0.2, -0.15) is 0 Å². The van der Waals surface area contributed by atoms with Crippen LogP contribution in [0.2, 0.25) is 0 Å². The van der Waals surface area contributed by atoms with Crippen LogP contribution >= 0.6 is 0 Å². The largest absolute Gasteiger partial charge is 0.374 e. The molecule has 0 radical (unpaired) electrons. The molecule has 2 nitrogen and oxygen atoms in total. The molecule has 0 atom stereocenters. The first-order valence-corrected chi connectivity index (χ1v) is 7.11. The van der Waals surface area contributed by atoms with Crippen LogP contribution in [-0.2, 0) is 4.74 Å². The molecule has 96 valence electrons. The van der Waals surface area contributed by atoms with E-state index in [1.165, 1.54) is 32.1 Å². The zero-order chi connectivity index (χ0) is 11.9. The van der Waals surface area contributed by atoms with Crippen molar-refractivity contribution in [3.05, 3.63) is 0 Å². The van der Waals surface area contributed by atoms with Crippen molar-refractivity contribution in [3.63, 3.8) is 0 Å². The molecule has 0 aliphatic heterocycles. The van der Waals surface area contributed by atoms with Crippen molar-refractivity contribution in [3.8, 4) is 0 Å². The Morgan fingerprint density at radius 1 is 1.19 bits per heavy atom. The molecular weight excluding hydrogens is 198 g/mol. The van der Waals surface area contributed by atoms with E-state index in [1.807, 2.05) is 0 Å². The second-order valence-electron chi connectivity index (χ2n) is 5.16. The fourth-order valence-corrected chi connectivity index (χ4v) is 2.66. The van der Waals surface area contributed by atoms with Crippen LogP contribution in [0.1, 0.15) is 59.3 Å². The highest BCUT2D eigenvalue weighted by Gasteiger charge is 2.35. The van der Waals surface area contributed by atoms with Gasteiger partial charge in [-0.1, -0.05) is 27.2 Å². The number of rotatable bonds is 7. The van der Waals surface area contributed by atoms with Gasteiger partial charge in [0, 0.05) is 13.2 Å². The Balaban J connectivity index is 2.44. The average Bonchev–Trinajstić information content (AvgIpc) is 2.35. The summed E-state index contributed by atoms with van der Waals surface area (Å²) in [6.07, 6.45) is 7.67. The summed E-state index contributed by atoms with van der Waals surface area (Å²) in [6, 6.07) is 0. The molecule has 16 heavy (non-hydrogen) atoms. The fraction of sp³-hybridized carbons (Fsp3) is 1.00. The van der Waals surface area contributed by atoms with Crippen molar-refractivity contribution in [2.45, 2.75) is 64.9 Å². The van der Waals surface area contributed by atoms with Gasteiger partial charge in [0.1, 0.15) is 0 Å². The molecule has 1 rings (SSSR count). The molecule has 0 bridgehead atoms. The first kappa shape index (κ1) is 14.0. The minimum atomic E-state index is 0.150. The van der Waals surface area contributed by atoms with Crippen LogP contribution in [0, 0.1) is 5.92 Å². The van der Waals surface area contributed by atoms with Gasteiger partial charge in [-0.05, 0) is 44.6 Å². The normalized spacial score (nSPS) is 30.6. The van der Waals surface area contributed by atoms with Crippen LogP contribution in [0.25, 0.3) is 0 Å². The molecule has 0 heterocycles. The Morgan fingerprint density at radius 3 is 2.38 bits per heavy atom. The summed E-state index contributed by atoms with van der Waals surface area (Å²) in [5.41, 5.74) is 0.150. The number of hydrogen-bond acceptors (Lipinski definition) is 2. The Hall–Kier alpha value is -0.0800. The van der Waals surface area contributed by atoms with Crippen molar-refractivity contribution < 1.29 is 4.74 Å². The molecule has 0 aromatic carbocycles. The monoisotopic (exact) mass is 227 g/mol. The number of hydrogen-bond donors (Lipinski definition) is 1. The quantitative estimate of drug-likeness (QED) is 0.720. The lowest BCUT2D eigenvalue weighted by Gasteiger charge is -2.40. The van der Waals surface area contributed by atoms with Crippen molar-refractivity contribution >= 4 is 0 Å². The van der Waals surface area contributed by atoms with E-state index >= 15 is 0 Å². The molecule has 1 N–H and O–H groups in total. The summed E-state index contributed by atoms with van der Waals surface area (Å²) in [4.78, 5) is 0. The summed E-state index contributed by atoms with van der Waals surface area (Å²) in [7, 11) is 0. The van der Waals surface area contributed by atoms with Gasteiger partial charge in [-0.3, -0.25) is 0 Å². The Labute approximate surface area is 101 Å². The number of nitrogens with one attached hydrogen (secondary N) is 1. The summed E-state index contributed by atoms with van der Waals surface area (Å²) in [5, 5.41) is 3.48. The molecule has 0 unspecified atom stereocenters. The summed E-state index contributed by atoms with van der Waals surface area (Å²) >= 11 is 0. The second-order valence-corrected chi connectivity index (χ2v) is 5.16. The van der Waals surface area contributed by atoms with E-state index < -0.39 is 0 Å². The van der Waals surface area contributed by atoms with E-state index in [4.69, 9.17) is 4.74 Å². The van der Waals surface area contributed by atoms with Gasteiger partial charge in [0.25, 0.3) is 0 Å². The van der Waals surface area contributed by atoms with E-state index in [1.54, 1.807) is 0 Å². The Kier molecular flexibility index (Phi) is 6.37. The standard InChI is InChI=1S/C14H29NO/c1-4-11-16-14(12-15-6-3)9-7-13(5-2)8-10-14/h13,15H,4-12H2,1-3H3. The van der Waals surface area contributed by atoms with Crippen LogP contribution in [0.5, 0.6) is 0 Å². The van der Waals surface area contributed by atoms with Crippen molar-refractivity contribution in [1.82, 2.24) is 5.32 Å². The van der Waals surface area contributed by atoms with E-state index in [9.17, 15) is 0 Å². The number of likely N-dealkylation sites (N-methyl/N-ethyl adjacent to an activating group) is 1. The summed E-state index contributed by atoms with van der Waals surface area (Å²) < 4.78 is 6.15. The zero-order valence-corrected chi connectivity index (χ0v) is 11.3. The Morgan fingerprint density at radius 2 is 1.88 bits per heavy atom. The van der Waals surface area contributed by atoms with Crippen LogP contribution in [0.4, 0.5) is 0 Å². The van der Waals surface area contributed by atoms with Crippen molar-refractivity contribution in [2.24, 2.45) is 5.92 Å². The second kappa shape index (κ2) is 7.29. The average molecular weight is 227 g/mol. The van der Waals surface area contributed by atoms with Gasteiger partial charge in [-0.25, -0.2) is 0 Å². The highest BCUT2D eigenvalue weighted by Crippen LogP contribution is 2.36. The summed E-state index contributed by atoms with van der Waals surface area (Å²) in [5.74, 6) is 0.944. The van der Waals surface area contributed by atoms with Gasteiger partial charge < -0.3 is 10.1 Å². The number of ether oxygens (including phenoxy) is 1. The van der Waals surface area contributed by atoms with Gasteiger partial charge in [0.15, 0.2) is 0 Å². The van der Waals surface area contributed by atoms with Gasteiger partial charge >= 0.3 is 0 Å². The third kappa shape index (κ3) is 4.06. The zero-order valence-electron chi connectivity index (χ0n) is 11.3. The summed E-state index contributed by atoms with van der Waals surface area (Å²) in [6.45, 7) is 9.69. The minimum Gasteiger partial charge on any atom is -0.374 e. The first-order valence-electron chi connectivity index (χ1n) is 7.11. The maximum Gasteiger partial charge on any atom is 0.0806 e. The van der Waals surface area contributed by atoms with E-state index in [0.717, 1.165) is 32.0 Å². The SMILES string of the molecule is CCCOC1(CNCC)CCC(CC)CC1. The highest BCUT2D eigenvalue weighted by atomic mass is 16.5. The van der Waals surface area contributed by atoms with Crippen LogP contribution in [0.3, 0.4) is 0 Å². The van der Waals surface area contributed by atoms with Gasteiger partial charge in [0.2, 0.25) is 0 Å².